The summed E-state index contributed by atoms with van der Waals surface area (Å²) in [6.07, 6.45) is 0.499. The molecule has 0 heterocycles. The number of rotatable bonds is 7. The number of amides is 2. The van der Waals surface area contributed by atoms with Crippen LogP contribution in [0.25, 0.3) is 0 Å². The van der Waals surface area contributed by atoms with E-state index in [1.54, 1.807) is 6.92 Å². The van der Waals surface area contributed by atoms with Gasteiger partial charge in [-0.2, -0.15) is 0 Å². The molecule has 0 aromatic carbocycles. The van der Waals surface area contributed by atoms with Crippen molar-refractivity contribution in [3.8, 4) is 0 Å². The van der Waals surface area contributed by atoms with E-state index >= 15 is 0 Å². The Morgan fingerprint density at radius 1 is 1.28 bits per heavy atom. The van der Waals surface area contributed by atoms with Gasteiger partial charge in [-0.15, -0.1) is 0 Å². The van der Waals surface area contributed by atoms with Crippen LogP contribution in [0.2, 0.25) is 0 Å². The number of hydrogen-bond acceptors (Lipinski definition) is 3. The first kappa shape index (κ1) is 16.7. The Balaban J connectivity index is 4.03. The highest BCUT2D eigenvalue weighted by molar-refractivity contribution is 5.75. The lowest BCUT2D eigenvalue weighted by Gasteiger charge is -2.32. The van der Waals surface area contributed by atoms with Crippen molar-refractivity contribution in [2.45, 2.75) is 32.7 Å². The molecule has 3 N–H and O–H groups in total. The standard InChI is InChI=1S/C12H25N3O3/c1-6-9(10(16)17)7-13-11(18)14-8-12(2,3)15(4)5/h9H,6-8H2,1-5H3,(H,16,17)(H2,13,14,18). The highest BCUT2D eigenvalue weighted by Crippen LogP contribution is 2.07. The zero-order chi connectivity index (χ0) is 14.3. The molecular weight excluding hydrogens is 234 g/mol. The van der Waals surface area contributed by atoms with E-state index in [1.807, 2.05) is 32.8 Å². The summed E-state index contributed by atoms with van der Waals surface area (Å²) in [6, 6.07) is -0.329. The zero-order valence-corrected chi connectivity index (χ0v) is 11.9. The Bertz CT molecular complexity index is 290. The molecule has 0 aliphatic carbocycles. The van der Waals surface area contributed by atoms with Gasteiger partial charge in [-0.3, -0.25) is 4.79 Å². The monoisotopic (exact) mass is 259 g/mol. The highest BCUT2D eigenvalue weighted by Gasteiger charge is 2.21. The number of carbonyl (C=O) groups excluding carboxylic acids is 1. The van der Waals surface area contributed by atoms with Crippen LogP contribution in [0, 0.1) is 5.92 Å². The SMILES string of the molecule is CCC(CNC(=O)NCC(C)(C)N(C)C)C(=O)O. The molecule has 0 aromatic rings. The summed E-state index contributed by atoms with van der Waals surface area (Å²) < 4.78 is 0. The quantitative estimate of drug-likeness (QED) is 0.630. The van der Waals surface area contributed by atoms with Gasteiger partial charge >= 0.3 is 12.0 Å². The van der Waals surface area contributed by atoms with Gasteiger partial charge in [0.1, 0.15) is 0 Å². The van der Waals surface area contributed by atoms with Crippen molar-refractivity contribution in [3.63, 3.8) is 0 Å². The third-order valence-electron chi connectivity index (χ3n) is 3.24. The number of urea groups is 1. The van der Waals surface area contributed by atoms with Gasteiger partial charge in [0, 0.05) is 18.6 Å². The van der Waals surface area contributed by atoms with Crippen LogP contribution in [0.1, 0.15) is 27.2 Å². The minimum absolute atomic E-state index is 0.145. The number of carboxylic acids is 1. The second-order valence-corrected chi connectivity index (χ2v) is 5.21. The number of nitrogens with zero attached hydrogens (tertiary/aromatic N) is 1. The van der Waals surface area contributed by atoms with Crippen molar-refractivity contribution >= 4 is 12.0 Å². The summed E-state index contributed by atoms with van der Waals surface area (Å²) in [6.45, 7) is 6.46. The fraction of sp³-hybridized carbons (Fsp3) is 0.833. The van der Waals surface area contributed by atoms with Crippen LogP contribution in [0.4, 0.5) is 4.79 Å². The van der Waals surface area contributed by atoms with E-state index in [-0.39, 0.29) is 18.1 Å². The number of carbonyl (C=O) groups is 2. The normalized spacial score (nSPS) is 13.2. The van der Waals surface area contributed by atoms with Gasteiger partial charge in [0.15, 0.2) is 0 Å². The van der Waals surface area contributed by atoms with Gasteiger partial charge in [-0.05, 0) is 34.4 Å². The molecule has 18 heavy (non-hydrogen) atoms. The van der Waals surface area contributed by atoms with Crippen molar-refractivity contribution in [2.24, 2.45) is 5.92 Å². The molecule has 0 fully saturated rings. The van der Waals surface area contributed by atoms with E-state index in [9.17, 15) is 9.59 Å². The first-order chi connectivity index (χ1) is 8.20. The van der Waals surface area contributed by atoms with E-state index in [1.165, 1.54) is 0 Å². The smallest absolute Gasteiger partial charge is 0.314 e. The lowest BCUT2D eigenvalue weighted by atomic mass is 10.0. The van der Waals surface area contributed by atoms with E-state index in [0.29, 0.717) is 13.0 Å². The molecule has 0 bridgehead atoms. The molecular formula is C12H25N3O3. The van der Waals surface area contributed by atoms with Gasteiger partial charge in [-0.1, -0.05) is 6.92 Å². The van der Waals surface area contributed by atoms with Crippen LogP contribution in [0.3, 0.4) is 0 Å². The first-order valence-electron chi connectivity index (χ1n) is 6.12. The predicted molar refractivity (Wildman–Crippen MR) is 70.6 cm³/mol. The summed E-state index contributed by atoms with van der Waals surface area (Å²) >= 11 is 0. The molecule has 0 aliphatic rings. The van der Waals surface area contributed by atoms with Gasteiger partial charge in [0.2, 0.25) is 0 Å². The summed E-state index contributed by atoms with van der Waals surface area (Å²) in [5.74, 6) is -1.41. The number of nitrogens with one attached hydrogen (secondary N) is 2. The average Bonchev–Trinajstić information content (AvgIpc) is 2.26. The molecule has 1 unspecified atom stereocenters. The Labute approximate surface area is 109 Å². The summed E-state index contributed by atoms with van der Waals surface area (Å²) in [5.41, 5.74) is -0.145. The van der Waals surface area contributed by atoms with E-state index in [0.717, 1.165) is 0 Å². The van der Waals surface area contributed by atoms with Crippen LogP contribution in [0.5, 0.6) is 0 Å². The van der Waals surface area contributed by atoms with E-state index < -0.39 is 11.9 Å². The van der Waals surface area contributed by atoms with E-state index in [2.05, 4.69) is 10.6 Å². The molecule has 0 saturated heterocycles. The molecule has 106 valence electrons. The molecule has 0 radical (unpaired) electrons. The van der Waals surface area contributed by atoms with Gasteiger partial charge in [0.25, 0.3) is 0 Å². The molecule has 1 atom stereocenters. The maximum absolute atomic E-state index is 11.5. The van der Waals surface area contributed by atoms with E-state index in [4.69, 9.17) is 5.11 Å². The van der Waals surface area contributed by atoms with Crippen molar-refractivity contribution in [1.29, 1.82) is 0 Å². The highest BCUT2D eigenvalue weighted by atomic mass is 16.4. The van der Waals surface area contributed by atoms with Crippen LogP contribution < -0.4 is 10.6 Å². The van der Waals surface area contributed by atoms with Crippen molar-refractivity contribution < 1.29 is 14.7 Å². The maximum atomic E-state index is 11.5. The Morgan fingerprint density at radius 3 is 2.22 bits per heavy atom. The topological polar surface area (TPSA) is 81.7 Å². The lowest BCUT2D eigenvalue weighted by molar-refractivity contribution is -0.141. The van der Waals surface area contributed by atoms with Gasteiger partial charge in [-0.25, -0.2) is 4.79 Å². The van der Waals surface area contributed by atoms with Crippen molar-refractivity contribution in [3.05, 3.63) is 0 Å². The number of carboxylic acid groups (broad SMARTS) is 1. The number of aliphatic carboxylic acids is 1. The van der Waals surface area contributed by atoms with Crippen molar-refractivity contribution in [2.75, 3.05) is 27.2 Å². The Hall–Kier alpha value is -1.30. The summed E-state index contributed by atoms with van der Waals surface area (Å²) in [4.78, 5) is 24.3. The van der Waals surface area contributed by atoms with Gasteiger partial charge < -0.3 is 20.6 Å². The second-order valence-electron chi connectivity index (χ2n) is 5.21. The zero-order valence-electron chi connectivity index (χ0n) is 11.9. The first-order valence-corrected chi connectivity index (χ1v) is 6.12. The molecule has 0 rings (SSSR count). The fourth-order valence-corrected chi connectivity index (χ4v) is 1.14. The summed E-state index contributed by atoms with van der Waals surface area (Å²) in [5, 5.41) is 14.2. The lowest BCUT2D eigenvalue weighted by Crippen LogP contribution is -2.50. The van der Waals surface area contributed by atoms with Crippen LogP contribution in [-0.2, 0) is 4.79 Å². The van der Waals surface area contributed by atoms with Gasteiger partial charge in [0.05, 0.1) is 5.92 Å². The third-order valence-corrected chi connectivity index (χ3v) is 3.24. The number of likely N-dealkylation sites (N-methyl/N-ethyl adjacent to an activating group) is 1. The van der Waals surface area contributed by atoms with Crippen LogP contribution in [-0.4, -0.2) is 54.7 Å². The molecule has 6 heteroatoms. The maximum Gasteiger partial charge on any atom is 0.314 e. The van der Waals surface area contributed by atoms with Crippen LogP contribution in [0.15, 0.2) is 0 Å². The Morgan fingerprint density at radius 2 is 1.83 bits per heavy atom. The van der Waals surface area contributed by atoms with Crippen molar-refractivity contribution in [1.82, 2.24) is 15.5 Å². The molecule has 0 aromatic heterocycles. The molecule has 2 amide bonds. The fourth-order valence-electron chi connectivity index (χ4n) is 1.14. The molecule has 6 nitrogen and oxygen atoms in total. The molecule has 0 saturated carbocycles. The predicted octanol–water partition coefficient (Wildman–Crippen LogP) is 0.737. The minimum Gasteiger partial charge on any atom is -0.481 e. The molecule has 0 spiro atoms. The van der Waals surface area contributed by atoms with Crippen LogP contribution >= 0.6 is 0 Å². The summed E-state index contributed by atoms with van der Waals surface area (Å²) in [7, 11) is 3.88. The second kappa shape index (κ2) is 7.20. The number of hydrogen-bond donors (Lipinski definition) is 3. The third kappa shape index (κ3) is 5.86. The largest absolute Gasteiger partial charge is 0.481 e. The Kier molecular flexibility index (Phi) is 6.68. The average molecular weight is 259 g/mol. The molecule has 0 aliphatic heterocycles. The minimum atomic E-state index is -0.883.